The molecule has 0 saturated carbocycles. The molecule has 0 aromatic carbocycles. The van der Waals surface area contributed by atoms with Gasteiger partial charge < -0.3 is 2.85 Å². The zero-order chi connectivity index (χ0) is 7.15. The van der Waals surface area contributed by atoms with Crippen LogP contribution in [0.1, 0.15) is 2.85 Å². The quantitative estimate of drug-likeness (QED) is 0.426. The first-order valence-corrected chi connectivity index (χ1v) is 4.98. The number of hydrogen-bond donors (Lipinski definition) is 2. The van der Waals surface area contributed by atoms with E-state index >= 15 is 0 Å². The normalized spacial score (nSPS) is 9.78. The minimum Gasteiger partial charge on any atom is -1.00 e. The van der Waals surface area contributed by atoms with Crippen LogP contribution in [0, 0.1) is 0 Å². The zero-order valence-electron chi connectivity index (χ0n) is 7.31. The van der Waals surface area contributed by atoms with Gasteiger partial charge in [-0.25, -0.2) is 0 Å². The zero-order valence-corrected chi connectivity index (χ0v) is 8.52. The minimum absolute atomic E-state index is 0. The van der Waals surface area contributed by atoms with Gasteiger partial charge >= 0.3 is 39.1 Å². The van der Waals surface area contributed by atoms with Crippen LogP contribution in [0.2, 0.25) is 0 Å². The van der Waals surface area contributed by atoms with Crippen LogP contribution in [0.5, 0.6) is 0 Å². The van der Waals surface area contributed by atoms with Gasteiger partial charge in [-0.3, -0.25) is 0 Å². The van der Waals surface area contributed by atoms with Crippen LogP contribution in [-0.4, -0.2) is 46.2 Å². The van der Waals surface area contributed by atoms with Crippen molar-refractivity contribution in [3.63, 3.8) is 0 Å². The first kappa shape index (κ1) is 16.5. The van der Waals surface area contributed by atoms with Crippen molar-refractivity contribution in [3.05, 3.63) is 0 Å². The van der Waals surface area contributed by atoms with Crippen LogP contribution in [0.15, 0.2) is 0 Å². The molecule has 0 fully saturated rings. The Bertz CT molecular complexity index is 82.1. The summed E-state index contributed by atoms with van der Waals surface area (Å²) in [5, 5.41) is 0. The molecule has 0 rings (SSSR count). The molecule has 0 aliphatic rings. The minimum atomic E-state index is -1.87. The van der Waals surface area contributed by atoms with Crippen molar-refractivity contribution in [2.24, 2.45) is 0 Å². The third kappa shape index (κ3) is 537. The summed E-state index contributed by atoms with van der Waals surface area (Å²) in [6.07, 6.45) is 0. The monoisotopic (exact) mass is 184 g/mol. The standard InChI is InChI=1S/2CH3O2P.Mg.2H/c2*1-4(2)3;;;/h2*1H3;;;/q;;+2;2*-1/p+2. The average molecular weight is 184 g/mol. The van der Waals surface area contributed by atoms with E-state index in [0.717, 1.165) is 0 Å². The Balaban J connectivity index is -0.0000000171. The van der Waals surface area contributed by atoms with Crippen molar-refractivity contribution in [3.8, 4) is 0 Å². The van der Waals surface area contributed by atoms with Crippen molar-refractivity contribution in [2.45, 2.75) is 0 Å². The van der Waals surface area contributed by atoms with E-state index in [1.165, 1.54) is 13.3 Å². The molecule has 0 aromatic heterocycles. The average Bonchev–Trinajstić information content (AvgIpc) is 1.25. The second-order valence-corrected chi connectivity index (χ2v) is 2.79. The summed E-state index contributed by atoms with van der Waals surface area (Å²) in [6, 6.07) is 0. The third-order valence-electron chi connectivity index (χ3n) is 0. The molecule has 0 aliphatic carbocycles. The summed E-state index contributed by atoms with van der Waals surface area (Å²) in [5.41, 5.74) is 0. The van der Waals surface area contributed by atoms with E-state index < -0.39 is 16.1 Å². The molecule has 0 aliphatic heterocycles. The molecule has 2 atom stereocenters. The Hall–Kier alpha value is 0.886. The molecule has 0 saturated heterocycles. The summed E-state index contributed by atoms with van der Waals surface area (Å²) in [7, 11) is -3.74. The molecule has 7 heteroatoms. The molecule has 0 heterocycles. The van der Waals surface area contributed by atoms with E-state index in [2.05, 4.69) is 0 Å². The van der Waals surface area contributed by atoms with Crippen molar-refractivity contribution in [1.29, 1.82) is 0 Å². The van der Waals surface area contributed by atoms with Crippen LogP contribution >= 0.6 is 16.1 Å². The maximum Gasteiger partial charge on any atom is 2.00 e. The molecule has 2 N–H and O–H groups in total. The molecular formula is C2H10MgO4P2+2. The molecule has 4 nitrogen and oxygen atoms in total. The largest absolute Gasteiger partial charge is 2.00 e. The van der Waals surface area contributed by atoms with Gasteiger partial charge in [0.2, 0.25) is 0 Å². The number of hydrogen-bond acceptors (Lipinski definition) is 2. The summed E-state index contributed by atoms with van der Waals surface area (Å²) >= 11 is 0. The van der Waals surface area contributed by atoms with Gasteiger partial charge in [-0.15, -0.1) is 0 Å². The molecule has 0 spiro atoms. The molecule has 2 unspecified atom stereocenters. The van der Waals surface area contributed by atoms with Crippen molar-refractivity contribution in [2.75, 3.05) is 13.3 Å². The fourth-order valence-electron chi connectivity index (χ4n) is 0. The van der Waals surface area contributed by atoms with E-state index in [1.54, 1.807) is 0 Å². The Morgan fingerprint density at radius 1 is 1.11 bits per heavy atom. The fraction of sp³-hybridized carbons (Fsp3) is 1.00. The Kier molecular flexibility index (Phi) is 21.3. The molecule has 0 aromatic rings. The molecule has 0 bridgehead atoms. The van der Waals surface area contributed by atoms with Gasteiger partial charge in [-0.2, -0.15) is 9.79 Å². The molecule has 0 amide bonds. The van der Waals surface area contributed by atoms with E-state index in [0.29, 0.717) is 0 Å². The second-order valence-electron chi connectivity index (χ2n) is 0.928. The van der Waals surface area contributed by atoms with Gasteiger partial charge in [0.25, 0.3) is 0 Å². The Morgan fingerprint density at radius 2 is 1.11 bits per heavy atom. The smallest absolute Gasteiger partial charge is 1.00 e. The van der Waals surface area contributed by atoms with Gasteiger partial charge in [0.05, 0.1) is 0 Å². The predicted octanol–water partition coefficient (Wildman–Crippen LogP) is 0.546. The van der Waals surface area contributed by atoms with E-state index in [4.69, 9.17) is 18.9 Å². The summed E-state index contributed by atoms with van der Waals surface area (Å²) < 4.78 is 18.3. The maximum absolute atomic E-state index is 9.15. The Labute approximate surface area is 74.5 Å². The SMILES string of the molecule is C[P+](=O)O.C[P+](=O)O.[H-].[H-].[Mg+2]. The predicted molar refractivity (Wildman–Crippen MR) is 39.5 cm³/mol. The van der Waals surface area contributed by atoms with Gasteiger partial charge in [-0.1, -0.05) is 0 Å². The third-order valence-corrected chi connectivity index (χ3v) is 0. The van der Waals surface area contributed by atoms with E-state index in [1.807, 2.05) is 0 Å². The van der Waals surface area contributed by atoms with Gasteiger partial charge in [0.1, 0.15) is 0 Å². The molecular weight excluding hydrogens is 174 g/mol. The summed E-state index contributed by atoms with van der Waals surface area (Å²) in [6.45, 7) is 2.46. The summed E-state index contributed by atoms with van der Waals surface area (Å²) in [5.74, 6) is 0. The Morgan fingerprint density at radius 3 is 1.11 bits per heavy atom. The van der Waals surface area contributed by atoms with Crippen LogP contribution in [0.3, 0.4) is 0 Å². The van der Waals surface area contributed by atoms with Gasteiger partial charge in [-0.05, 0) is 9.13 Å². The van der Waals surface area contributed by atoms with Gasteiger partial charge in [0.15, 0.2) is 13.3 Å². The fourth-order valence-corrected chi connectivity index (χ4v) is 0. The van der Waals surface area contributed by atoms with Crippen LogP contribution < -0.4 is 0 Å². The molecule has 52 valence electrons. The topological polar surface area (TPSA) is 74.6 Å². The van der Waals surface area contributed by atoms with Crippen LogP contribution in [0.4, 0.5) is 0 Å². The van der Waals surface area contributed by atoms with Gasteiger partial charge in [0, 0.05) is 0 Å². The van der Waals surface area contributed by atoms with Crippen molar-refractivity contribution >= 4 is 39.1 Å². The molecule has 0 radical (unpaired) electrons. The number of rotatable bonds is 0. The second kappa shape index (κ2) is 11.7. The molecule has 9 heavy (non-hydrogen) atoms. The van der Waals surface area contributed by atoms with Crippen molar-refractivity contribution < 1.29 is 21.8 Å². The first-order valence-electron chi connectivity index (χ1n) is 1.66. The van der Waals surface area contributed by atoms with Crippen LogP contribution in [-0.2, 0) is 9.13 Å². The first-order chi connectivity index (χ1) is 3.46. The van der Waals surface area contributed by atoms with E-state index in [9.17, 15) is 0 Å². The maximum atomic E-state index is 9.15. The van der Waals surface area contributed by atoms with E-state index in [-0.39, 0.29) is 25.9 Å². The summed E-state index contributed by atoms with van der Waals surface area (Å²) in [4.78, 5) is 15.1. The van der Waals surface area contributed by atoms with Crippen LogP contribution in [0.25, 0.3) is 0 Å². The van der Waals surface area contributed by atoms with Crippen molar-refractivity contribution in [1.82, 2.24) is 0 Å².